The van der Waals surface area contributed by atoms with Gasteiger partial charge in [-0.1, -0.05) is 36.0 Å². The van der Waals surface area contributed by atoms with Gasteiger partial charge in [0.15, 0.2) is 0 Å². The summed E-state index contributed by atoms with van der Waals surface area (Å²) < 4.78 is 0. The fourth-order valence-corrected chi connectivity index (χ4v) is 2.55. The Morgan fingerprint density at radius 1 is 0.875 bits per heavy atom. The van der Waals surface area contributed by atoms with Crippen LogP contribution in [-0.2, 0) is 0 Å². The second-order valence-electron chi connectivity index (χ2n) is 3.89. The van der Waals surface area contributed by atoms with E-state index in [0.717, 1.165) is 5.69 Å². The van der Waals surface area contributed by atoms with Gasteiger partial charge in [0.2, 0.25) is 0 Å². The summed E-state index contributed by atoms with van der Waals surface area (Å²) in [6.45, 7) is 4.24. The summed E-state index contributed by atoms with van der Waals surface area (Å²) in [7, 11) is 0. The number of nitrogens with two attached hydrogens (primary N) is 1. The van der Waals surface area contributed by atoms with Gasteiger partial charge in [-0.3, -0.25) is 0 Å². The maximum absolute atomic E-state index is 5.81. The van der Waals surface area contributed by atoms with Crippen LogP contribution in [0.4, 0.5) is 5.69 Å². The zero-order chi connectivity index (χ0) is 11.5. The van der Waals surface area contributed by atoms with Gasteiger partial charge in [0, 0.05) is 15.5 Å². The minimum Gasteiger partial charge on any atom is -0.399 e. The van der Waals surface area contributed by atoms with Crippen LogP contribution in [0, 0.1) is 13.8 Å². The molecule has 0 fully saturated rings. The molecule has 0 saturated carbocycles. The summed E-state index contributed by atoms with van der Waals surface area (Å²) >= 11 is 1.77. The molecule has 2 heteroatoms. The average Bonchev–Trinajstić information content (AvgIpc) is 2.27. The Bertz CT molecular complexity index is 506. The molecule has 2 aromatic rings. The summed E-state index contributed by atoms with van der Waals surface area (Å²) in [5.41, 5.74) is 9.19. The molecule has 0 aliphatic carbocycles. The molecule has 0 amide bonds. The van der Waals surface area contributed by atoms with Gasteiger partial charge in [0.25, 0.3) is 0 Å². The molecule has 82 valence electrons. The SMILES string of the molecule is Cc1ccccc1Sc1cc(N)ccc1C. The lowest BCUT2D eigenvalue weighted by Crippen LogP contribution is -1.87. The van der Waals surface area contributed by atoms with Gasteiger partial charge in [-0.2, -0.15) is 0 Å². The minimum atomic E-state index is 0.821. The molecule has 0 unspecified atom stereocenters. The van der Waals surface area contributed by atoms with E-state index in [0.29, 0.717) is 0 Å². The molecule has 0 spiro atoms. The zero-order valence-corrected chi connectivity index (χ0v) is 10.3. The number of nitrogen functional groups attached to an aromatic ring is 1. The van der Waals surface area contributed by atoms with E-state index < -0.39 is 0 Å². The van der Waals surface area contributed by atoms with E-state index in [4.69, 9.17) is 5.73 Å². The van der Waals surface area contributed by atoms with Gasteiger partial charge in [0.05, 0.1) is 0 Å². The molecule has 16 heavy (non-hydrogen) atoms. The topological polar surface area (TPSA) is 26.0 Å². The summed E-state index contributed by atoms with van der Waals surface area (Å²) in [5, 5.41) is 0. The van der Waals surface area contributed by atoms with Crippen molar-refractivity contribution < 1.29 is 0 Å². The third kappa shape index (κ3) is 2.39. The number of hydrogen-bond donors (Lipinski definition) is 1. The van der Waals surface area contributed by atoms with E-state index in [9.17, 15) is 0 Å². The zero-order valence-electron chi connectivity index (χ0n) is 9.53. The van der Waals surface area contributed by atoms with E-state index in [2.05, 4.69) is 44.2 Å². The van der Waals surface area contributed by atoms with Crippen LogP contribution in [0.15, 0.2) is 52.3 Å². The number of hydrogen-bond acceptors (Lipinski definition) is 2. The van der Waals surface area contributed by atoms with Crippen molar-refractivity contribution in [3.05, 3.63) is 53.6 Å². The van der Waals surface area contributed by atoms with Crippen molar-refractivity contribution in [2.75, 3.05) is 5.73 Å². The van der Waals surface area contributed by atoms with Crippen molar-refractivity contribution in [2.45, 2.75) is 23.6 Å². The van der Waals surface area contributed by atoms with Crippen molar-refractivity contribution in [3.63, 3.8) is 0 Å². The molecule has 1 nitrogen and oxygen atoms in total. The Balaban J connectivity index is 2.34. The molecule has 2 aromatic carbocycles. The number of aryl methyl sites for hydroxylation is 2. The van der Waals surface area contributed by atoms with Gasteiger partial charge in [-0.05, 0) is 43.2 Å². The molecule has 0 aliphatic heterocycles. The lowest BCUT2D eigenvalue weighted by Gasteiger charge is -2.08. The third-order valence-electron chi connectivity index (χ3n) is 2.53. The summed E-state index contributed by atoms with van der Waals surface area (Å²) in [5.74, 6) is 0. The van der Waals surface area contributed by atoms with Crippen molar-refractivity contribution in [1.82, 2.24) is 0 Å². The summed E-state index contributed by atoms with van der Waals surface area (Å²) in [4.78, 5) is 2.52. The molecule has 0 bridgehead atoms. The maximum atomic E-state index is 5.81. The molecule has 2 N–H and O–H groups in total. The first-order valence-electron chi connectivity index (χ1n) is 5.26. The number of rotatable bonds is 2. The first-order chi connectivity index (χ1) is 7.66. The normalized spacial score (nSPS) is 10.4. The van der Waals surface area contributed by atoms with Crippen LogP contribution in [0.2, 0.25) is 0 Å². The van der Waals surface area contributed by atoms with Crippen LogP contribution in [0.25, 0.3) is 0 Å². The molecule has 0 aliphatic rings. The number of benzene rings is 2. The van der Waals surface area contributed by atoms with Gasteiger partial charge < -0.3 is 5.73 Å². The van der Waals surface area contributed by atoms with Crippen LogP contribution in [0.5, 0.6) is 0 Å². The second-order valence-corrected chi connectivity index (χ2v) is 4.98. The Morgan fingerprint density at radius 3 is 2.31 bits per heavy atom. The average molecular weight is 229 g/mol. The Morgan fingerprint density at radius 2 is 1.56 bits per heavy atom. The molecule has 0 radical (unpaired) electrons. The third-order valence-corrected chi connectivity index (χ3v) is 3.86. The van der Waals surface area contributed by atoms with E-state index in [1.165, 1.54) is 20.9 Å². The Kier molecular flexibility index (Phi) is 3.20. The molecule has 0 aromatic heterocycles. The monoisotopic (exact) mass is 229 g/mol. The molecular weight excluding hydrogens is 214 g/mol. The smallest absolute Gasteiger partial charge is 0.0325 e. The Labute approximate surface area is 101 Å². The van der Waals surface area contributed by atoms with E-state index in [1.807, 2.05) is 12.1 Å². The van der Waals surface area contributed by atoms with Crippen LogP contribution >= 0.6 is 11.8 Å². The van der Waals surface area contributed by atoms with Crippen LogP contribution in [-0.4, -0.2) is 0 Å². The fourth-order valence-electron chi connectivity index (χ4n) is 1.52. The predicted molar refractivity (Wildman–Crippen MR) is 70.9 cm³/mol. The highest BCUT2D eigenvalue weighted by molar-refractivity contribution is 7.99. The van der Waals surface area contributed by atoms with Crippen molar-refractivity contribution >= 4 is 17.4 Å². The molecule has 0 saturated heterocycles. The Hall–Kier alpha value is -1.41. The highest BCUT2D eigenvalue weighted by Crippen LogP contribution is 2.33. The van der Waals surface area contributed by atoms with Crippen molar-refractivity contribution in [1.29, 1.82) is 0 Å². The minimum absolute atomic E-state index is 0.821. The van der Waals surface area contributed by atoms with Crippen molar-refractivity contribution in [2.24, 2.45) is 0 Å². The molecular formula is C14H15NS. The highest BCUT2D eigenvalue weighted by Gasteiger charge is 2.03. The van der Waals surface area contributed by atoms with Gasteiger partial charge >= 0.3 is 0 Å². The van der Waals surface area contributed by atoms with Gasteiger partial charge in [0.1, 0.15) is 0 Å². The quantitative estimate of drug-likeness (QED) is 0.787. The van der Waals surface area contributed by atoms with E-state index in [1.54, 1.807) is 11.8 Å². The summed E-state index contributed by atoms with van der Waals surface area (Å²) in [6, 6.07) is 14.4. The summed E-state index contributed by atoms with van der Waals surface area (Å²) in [6.07, 6.45) is 0. The van der Waals surface area contributed by atoms with Crippen LogP contribution < -0.4 is 5.73 Å². The van der Waals surface area contributed by atoms with E-state index >= 15 is 0 Å². The van der Waals surface area contributed by atoms with Gasteiger partial charge in [-0.15, -0.1) is 0 Å². The van der Waals surface area contributed by atoms with Crippen molar-refractivity contribution in [3.8, 4) is 0 Å². The lowest BCUT2D eigenvalue weighted by atomic mass is 10.2. The highest BCUT2D eigenvalue weighted by atomic mass is 32.2. The van der Waals surface area contributed by atoms with E-state index in [-0.39, 0.29) is 0 Å². The standard InChI is InChI=1S/C14H15NS/c1-10-5-3-4-6-13(10)16-14-9-12(15)8-7-11(14)2/h3-9H,15H2,1-2H3. The van der Waals surface area contributed by atoms with Crippen LogP contribution in [0.3, 0.4) is 0 Å². The lowest BCUT2D eigenvalue weighted by molar-refractivity contribution is 1.26. The second kappa shape index (κ2) is 4.62. The first-order valence-corrected chi connectivity index (χ1v) is 6.08. The molecule has 0 atom stereocenters. The number of anilines is 1. The largest absolute Gasteiger partial charge is 0.399 e. The molecule has 2 rings (SSSR count). The predicted octanol–water partition coefficient (Wildman–Crippen LogP) is 4.04. The van der Waals surface area contributed by atoms with Crippen LogP contribution in [0.1, 0.15) is 11.1 Å². The van der Waals surface area contributed by atoms with Gasteiger partial charge in [-0.25, -0.2) is 0 Å². The first kappa shape index (κ1) is 11.1. The molecule has 0 heterocycles. The maximum Gasteiger partial charge on any atom is 0.0325 e. The fraction of sp³-hybridized carbons (Fsp3) is 0.143.